The molecule has 2 fully saturated rings. The van der Waals surface area contributed by atoms with E-state index in [9.17, 15) is 40.7 Å². The van der Waals surface area contributed by atoms with Crippen LogP contribution in [0.1, 0.15) is 75.1 Å². The molecule has 2 aliphatic heterocycles. The van der Waals surface area contributed by atoms with Gasteiger partial charge in [0.15, 0.2) is 0 Å². The summed E-state index contributed by atoms with van der Waals surface area (Å²) in [6, 6.07) is 15.3. The second-order valence-electron chi connectivity index (χ2n) is 14.0. The van der Waals surface area contributed by atoms with Crippen LogP contribution in [0.15, 0.2) is 48.5 Å². The van der Waals surface area contributed by atoms with Crippen molar-refractivity contribution in [3.63, 3.8) is 0 Å². The average molecular weight is 818 g/mol. The van der Waals surface area contributed by atoms with Crippen molar-refractivity contribution in [1.29, 1.82) is 0 Å². The van der Waals surface area contributed by atoms with Gasteiger partial charge >= 0.3 is 12.4 Å². The van der Waals surface area contributed by atoms with Crippen LogP contribution in [0, 0.1) is 5.92 Å². The van der Waals surface area contributed by atoms with E-state index in [-0.39, 0.29) is 30.2 Å². The van der Waals surface area contributed by atoms with Crippen molar-refractivity contribution < 1.29 is 50.3 Å². The summed E-state index contributed by atoms with van der Waals surface area (Å²) < 4.78 is 62.5. The van der Waals surface area contributed by atoms with E-state index in [1.54, 1.807) is 6.92 Å². The highest BCUT2D eigenvalue weighted by molar-refractivity contribution is 6.30. The normalized spacial score (nSPS) is 18.5. The van der Waals surface area contributed by atoms with E-state index in [2.05, 4.69) is 27.7 Å². The van der Waals surface area contributed by atoms with E-state index >= 15 is 0 Å². The maximum atomic E-state index is 14.0. The Labute approximate surface area is 328 Å². The Kier molecular flexibility index (Phi) is 18.3. The Balaban J connectivity index is 0.000000609. The van der Waals surface area contributed by atoms with Crippen molar-refractivity contribution in [3.8, 4) is 0 Å². The Morgan fingerprint density at radius 1 is 0.911 bits per heavy atom. The number of rotatable bonds is 11. The summed E-state index contributed by atoms with van der Waals surface area (Å²) in [7, 11) is 0. The number of amides is 3. The van der Waals surface area contributed by atoms with E-state index in [4.69, 9.17) is 21.2 Å². The van der Waals surface area contributed by atoms with Crippen LogP contribution in [0.5, 0.6) is 0 Å². The van der Waals surface area contributed by atoms with E-state index in [0.29, 0.717) is 43.0 Å². The zero-order valence-electron chi connectivity index (χ0n) is 31.5. The predicted octanol–water partition coefficient (Wildman–Crippen LogP) is 6.06. The molecule has 0 radical (unpaired) electrons. The van der Waals surface area contributed by atoms with Gasteiger partial charge in [-0.05, 0) is 54.5 Å². The largest absolute Gasteiger partial charge is 0.446 e. The van der Waals surface area contributed by atoms with Gasteiger partial charge in [-0.25, -0.2) is 0 Å². The van der Waals surface area contributed by atoms with Crippen LogP contribution in [0.25, 0.3) is 0 Å². The molecular weight excluding hydrogens is 768 g/mol. The number of carbonyl (C=O) groups excluding carboxylic acids is 5. The van der Waals surface area contributed by atoms with Crippen LogP contribution in [-0.2, 0) is 36.9 Å². The number of alkyl halides is 6. The molecule has 1 saturated carbocycles. The first kappa shape index (κ1) is 46.4. The van der Waals surface area contributed by atoms with Crippen molar-refractivity contribution in [3.05, 3.63) is 70.2 Å². The lowest BCUT2D eigenvalue weighted by Gasteiger charge is -2.45. The molecule has 0 aromatic heterocycles. The van der Waals surface area contributed by atoms with Gasteiger partial charge in [-0.3, -0.25) is 28.9 Å². The number of nitrogens with zero attached hydrogens (tertiary/aromatic N) is 3. The average Bonchev–Trinajstić information content (AvgIpc) is 3.58. The molecule has 310 valence electrons. The van der Waals surface area contributed by atoms with E-state index < -0.39 is 31.0 Å². The van der Waals surface area contributed by atoms with Crippen LogP contribution in [0.3, 0.4) is 0 Å². The van der Waals surface area contributed by atoms with Crippen LogP contribution < -0.4 is 10.6 Å². The summed E-state index contributed by atoms with van der Waals surface area (Å²) in [5.74, 6) is 0.525. The molecule has 3 atom stereocenters. The number of hydrogen-bond acceptors (Lipinski definition) is 7. The third kappa shape index (κ3) is 15.5. The van der Waals surface area contributed by atoms with E-state index in [0.717, 1.165) is 37.3 Å². The fourth-order valence-corrected chi connectivity index (χ4v) is 7.46. The molecule has 56 heavy (non-hydrogen) atoms. The molecule has 17 heteroatoms. The van der Waals surface area contributed by atoms with Crippen LogP contribution in [-0.4, -0.2) is 109 Å². The van der Waals surface area contributed by atoms with Crippen molar-refractivity contribution >= 4 is 41.9 Å². The third-order valence-corrected chi connectivity index (χ3v) is 10.4. The number of halogens is 7. The summed E-state index contributed by atoms with van der Waals surface area (Å²) in [6.07, 6.45) is -4.52. The Morgan fingerprint density at radius 2 is 1.48 bits per heavy atom. The molecule has 2 aromatic rings. The second kappa shape index (κ2) is 22.1. The van der Waals surface area contributed by atoms with Crippen molar-refractivity contribution in [2.45, 2.75) is 95.8 Å². The summed E-state index contributed by atoms with van der Waals surface area (Å²) in [5, 5.41) is 7.19. The zero-order chi connectivity index (χ0) is 41.5. The topological polar surface area (TPSA) is 119 Å². The standard InChI is InChI=1S/C35H48ClN5O3.2C2HF3O/c1-3-39(25(2)42)24-33(27-9-5-4-6-10-27)40-17-19-41(20-18-40)35(44)32(21-26-13-15-29(36)16-14-26)38-34(43)22-31-30-12-8-7-11-28(30)23-37-31;2*3-2(4,5)1-6/h7-8,11-16,27,31-33,37H,3-6,9-10,17-24H2,1-2H3,(H,38,43);2*1H/t31?,32-,33?;;/m1../s1. The fourth-order valence-electron chi connectivity index (χ4n) is 7.34. The molecule has 0 spiro atoms. The Bertz CT molecular complexity index is 1560. The van der Waals surface area contributed by atoms with Gasteiger partial charge in [-0.1, -0.05) is 67.3 Å². The van der Waals surface area contributed by atoms with Gasteiger partial charge in [-0.2, -0.15) is 26.3 Å². The summed E-state index contributed by atoms with van der Waals surface area (Å²) in [6.45, 7) is 8.68. The first-order chi connectivity index (χ1) is 26.4. The minimum absolute atomic E-state index is 0.0409. The molecule has 2 heterocycles. The van der Waals surface area contributed by atoms with Gasteiger partial charge in [0.2, 0.25) is 30.3 Å². The minimum Gasteiger partial charge on any atom is -0.344 e. The number of benzene rings is 2. The van der Waals surface area contributed by atoms with Crippen molar-refractivity contribution in [1.82, 2.24) is 25.3 Å². The number of piperazine rings is 1. The molecule has 2 unspecified atom stereocenters. The predicted molar refractivity (Wildman–Crippen MR) is 198 cm³/mol. The first-order valence-corrected chi connectivity index (χ1v) is 19.0. The lowest BCUT2D eigenvalue weighted by atomic mass is 9.82. The SMILES string of the molecule is CCN(CC(C1CCCCC1)N1CCN(C(=O)[C@@H](Cc2ccc(Cl)cc2)NC(=O)CC2NCc3ccccc32)CC1)C(C)=O.O=CC(F)(F)F.O=CC(F)(F)F. The maximum Gasteiger partial charge on any atom is 0.446 e. The number of likely N-dealkylation sites (N-methyl/N-ethyl adjacent to an activating group) is 1. The second-order valence-corrected chi connectivity index (χ2v) is 14.4. The molecular formula is C39H50ClF6N5O5. The van der Waals surface area contributed by atoms with Crippen molar-refractivity contribution in [2.75, 3.05) is 39.3 Å². The van der Waals surface area contributed by atoms with Gasteiger partial charge in [0.05, 0.1) is 0 Å². The molecule has 10 nitrogen and oxygen atoms in total. The fraction of sp³-hybridized carbons (Fsp3) is 0.564. The van der Waals surface area contributed by atoms with Crippen molar-refractivity contribution in [2.24, 2.45) is 5.92 Å². The number of hydrogen-bond donors (Lipinski definition) is 2. The van der Waals surface area contributed by atoms with Gasteiger partial charge in [0.1, 0.15) is 6.04 Å². The van der Waals surface area contributed by atoms with E-state index in [1.807, 2.05) is 53.1 Å². The highest BCUT2D eigenvalue weighted by atomic mass is 35.5. The highest BCUT2D eigenvalue weighted by Gasteiger charge is 2.36. The van der Waals surface area contributed by atoms with Crippen LogP contribution >= 0.6 is 11.6 Å². The minimum atomic E-state index is -4.64. The summed E-state index contributed by atoms with van der Waals surface area (Å²) in [5.41, 5.74) is 3.32. The Morgan fingerprint density at radius 3 is 2.02 bits per heavy atom. The number of fused-ring (bicyclic) bond motifs is 1. The highest BCUT2D eigenvalue weighted by Crippen LogP contribution is 2.31. The summed E-state index contributed by atoms with van der Waals surface area (Å²) >= 11 is 6.13. The lowest BCUT2D eigenvalue weighted by Crippen LogP contribution is -2.59. The third-order valence-electron chi connectivity index (χ3n) is 10.1. The van der Waals surface area contributed by atoms with Gasteiger partial charge in [-0.15, -0.1) is 0 Å². The molecule has 5 rings (SSSR count). The zero-order valence-corrected chi connectivity index (χ0v) is 32.3. The number of aldehydes is 2. The Hall–Kier alpha value is -4.02. The maximum absolute atomic E-state index is 14.0. The van der Waals surface area contributed by atoms with Gasteiger partial charge in [0.25, 0.3) is 0 Å². The monoisotopic (exact) mass is 817 g/mol. The first-order valence-electron chi connectivity index (χ1n) is 18.6. The van der Waals surface area contributed by atoms with Crippen LogP contribution in [0.2, 0.25) is 5.02 Å². The smallest absolute Gasteiger partial charge is 0.344 e. The molecule has 3 aliphatic rings. The van der Waals surface area contributed by atoms with Crippen LogP contribution in [0.4, 0.5) is 26.3 Å². The molecule has 2 N–H and O–H groups in total. The molecule has 1 aliphatic carbocycles. The molecule has 1 saturated heterocycles. The van der Waals surface area contributed by atoms with Gasteiger partial charge in [0, 0.05) is 82.7 Å². The van der Waals surface area contributed by atoms with Gasteiger partial charge < -0.3 is 20.4 Å². The number of nitrogens with one attached hydrogen (secondary N) is 2. The van der Waals surface area contributed by atoms with E-state index in [1.165, 1.54) is 37.7 Å². The summed E-state index contributed by atoms with van der Waals surface area (Å²) in [4.78, 5) is 63.5. The number of carbonyl (C=O) groups is 5. The molecule has 3 amide bonds. The molecule has 2 aromatic carbocycles. The molecule has 0 bridgehead atoms. The lowest BCUT2D eigenvalue weighted by molar-refractivity contribution is -0.156. The quantitative estimate of drug-likeness (QED) is 0.209.